The molecular formula is C24H30N2O7S. The van der Waals surface area contributed by atoms with Crippen LogP contribution in [0.1, 0.15) is 58.4 Å². The number of nitrogens with one attached hydrogen (secondary N) is 1. The molecule has 184 valence electrons. The number of esters is 2. The smallest absolute Gasteiger partial charge is 0.340 e. The lowest BCUT2D eigenvalue weighted by Crippen LogP contribution is -2.30. The van der Waals surface area contributed by atoms with Crippen LogP contribution in [0.5, 0.6) is 0 Å². The Labute approximate surface area is 199 Å². The lowest BCUT2D eigenvalue weighted by Gasteiger charge is -2.18. The van der Waals surface area contributed by atoms with Gasteiger partial charge in [0.05, 0.1) is 22.6 Å². The van der Waals surface area contributed by atoms with Crippen molar-refractivity contribution in [1.82, 2.24) is 9.29 Å². The molecule has 1 N–H and O–H groups in total. The highest BCUT2D eigenvalue weighted by Crippen LogP contribution is 2.21. The third kappa shape index (κ3) is 6.21. The molecule has 0 amide bonds. The minimum absolute atomic E-state index is 0.135. The van der Waals surface area contributed by atoms with E-state index < -0.39 is 34.4 Å². The van der Waals surface area contributed by atoms with Crippen molar-refractivity contribution < 1.29 is 32.3 Å². The van der Waals surface area contributed by atoms with Gasteiger partial charge in [-0.2, -0.15) is 4.31 Å². The van der Waals surface area contributed by atoms with Crippen molar-refractivity contribution in [3.63, 3.8) is 0 Å². The van der Waals surface area contributed by atoms with E-state index in [-0.39, 0.29) is 22.6 Å². The van der Waals surface area contributed by atoms with Crippen molar-refractivity contribution in [2.75, 3.05) is 26.3 Å². The summed E-state index contributed by atoms with van der Waals surface area (Å²) >= 11 is 0. The van der Waals surface area contributed by atoms with E-state index in [0.29, 0.717) is 30.0 Å². The van der Waals surface area contributed by atoms with Gasteiger partial charge in [-0.1, -0.05) is 26.0 Å². The lowest BCUT2D eigenvalue weighted by atomic mass is 10.1. The lowest BCUT2D eigenvalue weighted by molar-refractivity contribution is -0.136. The van der Waals surface area contributed by atoms with Crippen LogP contribution in [0.15, 0.2) is 35.2 Å². The van der Waals surface area contributed by atoms with E-state index in [1.165, 1.54) is 22.5 Å². The summed E-state index contributed by atoms with van der Waals surface area (Å²) in [7, 11) is -3.56. The predicted octanol–water partition coefficient (Wildman–Crippen LogP) is 3.28. The topological polar surface area (TPSA) is 123 Å². The highest BCUT2D eigenvalue weighted by Gasteiger charge is 2.26. The number of H-pyrrole nitrogens is 1. The normalized spacial score (nSPS) is 11.7. The number of carbonyl (C=O) groups excluding carboxylic acids is 3. The fourth-order valence-corrected chi connectivity index (χ4v) is 4.93. The van der Waals surface area contributed by atoms with Crippen LogP contribution in [0.4, 0.5) is 0 Å². The van der Waals surface area contributed by atoms with Gasteiger partial charge in [-0.15, -0.1) is 0 Å². The molecule has 0 aliphatic rings. The van der Waals surface area contributed by atoms with Crippen LogP contribution < -0.4 is 0 Å². The van der Waals surface area contributed by atoms with E-state index in [9.17, 15) is 22.8 Å². The number of ether oxygens (including phenoxy) is 2. The maximum atomic E-state index is 12.6. The molecule has 9 nitrogen and oxygen atoms in total. The fourth-order valence-electron chi connectivity index (χ4n) is 3.47. The zero-order chi connectivity index (χ0) is 25.5. The van der Waals surface area contributed by atoms with E-state index in [1.54, 1.807) is 46.8 Å². The average molecular weight is 491 g/mol. The second kappa shape index (κ2) is 11.8. The second-order valence-electron chi connectivity index (χ2n) is 7.37. The molecule has 0 spiro atoms. The maximum absolute atomic E-state index is 12.6. The Morgan fingerprint density at radius 3 is 2.09 bits per heavy atom. The maximum Gasteiger partial charge on any atom is 0.340 e. The largest absolute Gasteiger partial charge is 0.462 e. The van der Waals surface area contributed by atoms with Crippen LogP contribution >= 0.6 is 0 Å². The number of hydrogen-bond acceptors (Lipinski definition) is 7. The van der Waals surface area contributed by atoms with Crippen LogP contribution in [0, 0.1) is 13.8 Å². The quantitative estimate of drug-likeness (QED) is 0.291. The molecule has 10 heteroatoms. The van der Waals surface area contributed by atoms with Gasteiger partial charge in [0.2, 0.25) is 15.8 Å². The molecule has 1 aromatic heterocycles. The van der Waals surface area contributed by atoms with Crippen molar-refractivity contribution >= 4 is 33.8 Å². The molecule has 0 saturated heterocycles. The number of sulfonamides is 1. The Morgan fingerprint density at radius 1 is 0.941 bits per heavy atom. The Balaban J connectivity index is 2.04. The molecule has 2 aromatic rings. The van der Waals surface area contributed by atoms with Gasteiger partial charge in [0.1, 0.15) is 0 Å². The molecule has 2 rings (SSSR count). The highest BCUT2D eigenvalue weighted by atomic mass is 32.2. The second-order valence-corrected chi connectivity index (χ2v) is 9.31. The fraction of sp³-hybridized carbons (Fsp3) is 0.375. The molecule has 0 saturated carbocycles. The predicted molar refractivity (Wildman–Crippen MR) is 127 cm³/mol. The zero-order valence-corrected chi connectivity index (χ0v) is 20.8. The minimum Gasteiger partial charge on any atom is -0.462 e. The third-order valence-corrected chi connectivity index (χ3v) is 7.18. The Morgan fingerprint density at radius 2 is 1.53 bits per heavy atom. The van der Waals surface area contributed by atoms with Gasteiger partial charge in [0, 0.05) is 30.6 Å². The molecule has 0 unspecified atom stereocenters. The molecule has 0 radical (unpaired) electrons. The standard InChI is InChI=1S/C24H30N2O7S/c1-6-26(7-2)34(30,31)19-12-9-18(10-13-19)11-14-21(28)33-15-20(27)22-16(4)25-17(5)23(22)24(29)32-8-3/h9-14,25H,6-8,15H2,1-5H3/b14-11+. The van der Waals surface area contributed by atoms with Gasteiger partial charge in [-0.05, 0) is 44.5 Å². The highest BCUT2D eigenvalue weighted by molar-refractivity contribution is 7.89. The van der Waals surface area contributed by atoms with E-state index in [4.69, 9.17) is 9.47 Å². The number of aromatic nitrogens is 1. The summed E-state index contributed by atoms with van der Waals surface area (Å²) in [5.74, 6) is -1.90. The first-order valence-corrected chi connectivity index (χ1v) is 12.3. The molecule has 0 bridgehead atoms. The van der Waals surface area contributed by atoms with Crippen LogP contribution in [0.25, 0.3) is 6.08 Å². The summed E-state index contributed by atoms with van der Waals surface area (Å²) in [4.78, 5) is 40.0. The Hall–Kier alpha value is -3.24. The van der Waals surface area contributed by atoms with Crippen molar-refractivity contribution in [2.45, 2.75) is 39.5 Å². The SMILES string of the molecule is CCOC(=O)c1c(C)[nH]c(C)c1C(=O)COC(=O)/C=C/c1ccc(S(=O)(=O)N(CC)CC)cc1. The van der Waals surface area contributed by atoms with Gasteiger partial charge in [0.25, 0.3) is 0 Å². The number of benzene rings is 1. The van der Waals surface area contributed by atoms with Crippen LogP contribution in [0.2, 0.25) is 0 Å². The van der Waals surface area contributed by atoms with Crippen molar-refractivity contribution in [1.29, 1.82) is 0 Å². The number of hydrogen-bond donors (Lipinski definition) is 1. The molecule has 1 heterocycles. The number of nitrogens with zero attached hydrogens (tertiary/aromatic N) is 1. The average Bonchev–Trinajstić information content (AvgIpc) is 3.10. The summed E-state index contributed by atoms with van der Waals surface area (Å²) in [6.45, 7) is 8.86. The zero-order valence-electron chi connectivity index (χ0n) is 20.0. The van der Waals surface area contributed by atoms with Gasteiger partial charge < -0.3 is 14.5 Å². The number of aryl methyl sites for hydroxylation is 2. The number of Topliss-reactive ketones (excluding diaryl/α,β-unsaturated/α-hetero) is 1. The van der Waals surface area contributed by atoms with E-state index in [0.717, 1.165) is 6.08 Å². The molecule has 1 aromatic carbocycles. The van der Waals surface area contributed by atoms with Gasteiger partial charge in [-0.3, -0.25) is 4.79 Å². The molecule has 0 aliphatic heterocycles. The Kier molecular flexibility index (Phi) is 9.34. The van der Waals surface area contributed by atoms with E-state index in [1.807, 2.05) is 0 Å². The van der Waals surface area contributed by atoms with Crippen molar-refractivity contribution in [3.05, 3.63) is 58.4 Å². The molecule has 0 atom stereocenters. The van der Waals surface area contributed by atoms with Crippen molar-refractivity contribution in [2.24, 2.45) is 0 Å². The van der Waals surface area contributed by atoms with Crippen LogP contribution in [0.3, 0.4) is 0 Å². The Bertz CT molecular complexity index is 1170. The third-order valence-electron chi connectivity index (χ3n) is 5.11. The molecular weight excluding hydrogens is 460 g/mol. The first kappa shape index (κ1) is 27.0. The monoisotopic (exact) mass is 490 g/mol. The van der Waals surface area contributed by atoms with E-state index >= 15 is 0 Å². The van der Waals surface area contributed by atoms with Gasteiger partial charge >= 0.3 is 11.9 Å². The van der Waals surface area contributed by atoms with Crippen LogP contribution in [-0.4, -0.2) is 61.7 Å². The van der Waals surface area contributed by atoms with E-state index in [2.05, 4.69) is 4.98 Å². The summed E-state index contributed by atoms with van der Waals surface area (Å²) in [6, 6.07) is 6.08. The van der Waals surface area contributed by atoms with Crippen molar-refractivity contribution in [3.8, 4) is 0 Å². The summed E-state index contributed by atoms with van der Waals surface area (Å²) in [5, 5.41) is 0. The van der Waals surface area contributed by atoms with Gasteiger partial charge in [0.15, 0.2) is 6.61 Å². The number of rotatable bonds is 11. The summed E-state index contributed by atoms with van der Waals surface area (Å²) < 4.78 is 36.5. The number of aromatic amines is 1. The molecule has 34 heavy (non-hydrogen) atoms. The first-order valence-electron chi connectivity index (χ1n) is 10.9. The van der Waals surface area contributed by atoms with Crippen LogP contribution in [-0.2, 0) is 24.3 Å². The molecule has 0 aliphatic carbocycles. The number of ketones is 1. The minimum atomic E-state index is -3.56. The number of carbonyl (C=O) groups is 3. The summed E-state index contributed by atoms with van der Waals surface area (Å²) in [6.07, 6.45) is 2.60. The van der Waals surface area contributed by atoms with Gasteiger partial charge in [-0.25, -0.2) is 18.0 Å². The summed E-state index contributed by atoms with van der Waals surface area (Å²) in [5.41, 5.74) is 1.84. The first-order chi connectivity index (χ1) is 16.1. The molecule has 0 fully saturated rings.